The number of fused-ring (bicyclic) bond motifs is 1. The van der Waals surface area contributed by atoms with Gasteiger partial charge in [0.15, 0.2) is 0 Å². The van der Waals surface area contributed by atoms with Crippen LogP contribution in [-0.4, -0.2) is 20.7 Å². The van der Waals surface area contributed by atoms with Crippen molar-refractivity contribution in [1.29, 1.82) is 0 Å². The van der Waals surface area contributed by atoms with Crippen molar-refractivity contribution in [3.05, 3.63) is 143 Å². The zero-order valence-electron chi connectivity index (χ0n) is 23.5. The van der Waals surface area contributed by atoms with Crippen molar-refractivity contribution in [2.24, 2.45) is 0 Å². The molecule has 0 radical (unpaired) electrons. The lowest BCUT2D eigenvalue weighted by Gasteiger charge is -2.28. The Morgan fingerprint density at radius 3 is 2.29 bits per heavy atom. The largest absolute Gasteiger partial charge is 0.489 e. The highest BCUT2D eigenvalue weighted by molar-refractivity contribution is 7.98. The Labute approximate surface area is 249 Å². The third kappa shape index (κ3) is 6.24. The maximum Gasteiger partial charge on any atom is 0.255 e. The van der Waals surface area contributed by atoms with Crippen LogP contribution in [0.25, 0.3) is 0 Å². The van der Waals surface area contributed by atoms with Gasteiger partial charge < -0.3 is 15.4 Å². The first-order valence-corrected chi connectivity index (χ1v) is 14.8. The van der Waals surface area contributed by atoms with E-state index in [1.54, 1.807) is 11.8 Å². The summed E-state index contributed by atoms with van der Waals surface area (Å²) in [6.07, 6.45) is 0. The van der Waals surface area contributed by atoms with Crippen LogP contribution in [0.4, 0.5) is 11.6 Å². The van der Waals surface area contributed by atoms with Crippen molar-refractivity contribution in [2.75, 3.05) is 10.6 Å². The predicted octanol–water partition coefficient (Wildman–Crippen LogP) is 7.39. The van der Waals surface area contributed by atoms with Crippen LogP contribution in [0.1, 0.15) is 35.2 Å². The highest BCUT2D eigenvalue weighted by Gasteiger charge is 2.34. The molecule has 42 heavy (non-hydrogen) atoms. The molecule has 210 valence electrons. The normalized spacial score (nSPS) is 14.2. The van der Waals surface area contributed by atoms with E-state index in [4.69, 9.17) is 14.8 Å². The summed E-state index contributed by atoms with van der Waals surface area (Å²) in [6, 6.07) is 35.4. The molecule has 0 fully saturated rings. The Morgan fingerprint density at radius 1 is 0.881 bits per heavy atom. The third-order valence-corrected chi connectivity index (χ3v) is 7.95. The van der Waals surface area contributed by atoms with Gasteiger partial charge in [-0.2, -0.15) is 4.98 Å². The van der Waals surface area contributed by atoms with E-state index in [1.165, 1.54) is 11.1 Å². The standard InChI is InChI=1S/C34H31N5O2S/c1-23-13-15-25(16-14-23)21-41-29-19-17-27(18-20-29)31-30(32(40)36-28-11-7-4-8-12-28)24(2)35-33-37-34(38-39(31)33)42-22-26-9-5-3-6-10-26/h3-20,31H,21-22H2,1-2H3,(H,36,40)(H,35,37,38). The average molecular weight is 574 g/mol. The third-order valence-electron chi connectivity index (χ3n) is 7.04. The number of allylic oxidation sites excluding steroid dienone is 1. The van der Waals surface area contributed by atoms with E-state index in [0.29, 0.717) is 23.3 Å². The van der Waals surface area contributed by atoms with Gasteiger partial charge in [-0.3, -0.25) is 4.79 Å². The molecule has 1 aromatic heterocycles. The second kappa shape index (κ2) is 12.4. The fraction of sp³-hybridized carbons (Fsp3) is 0.147. The first-order chi connectivity index (χ1) is 20.5. The number of nitrogens with one attached hydrogen (secondary N) is 2. The van der Waals surface area contributed by atoms with Gasteiger partial charge in [-0.25, -0.2) is 4.68 Å². The van der Waals surface area contributed by atoms with Gasteiger partial charge in [0, 0.05) is 17.1 Å². The van der Waals surface area contributed by atoms with Gasteiger partial charge in [0.05, 0.1) is 5.57 Å². The van der Waals surface area contributed by atoms with Gasteiger partial charge in [-0.15, -0.1) is 5.10 Å². The molecule has 0 saturated carbocycles. The molecule has 1 unspecified atom stereocenters. The van der Waals surface area contributed by atoms with E-state index in [-0.39, 0.29) is 5.91 Å². The lowest BCUT2D eigenvalue weighted by Crippen LogP contribution is -2.31. The van der Waals surface area contributed by atoms with Gasteiger partial charge in [-0.1, -0.05) is 102 Å². The summed E-state index contributed by atoms with van der Waals surface area (Å²) in [4.78, 5) is 18.5. The van der Waals surface area contributed by atoms with E-state index < -0.39 is 6.04 Å². The summed E-state index contributed by atoms with van der Waals surface area (Å²) < 4.78 is 7.86. The molecular formula is C34H31N5O2S. The molecule has 6 rings (SSSR count). The zero-order valence-corrected chi connectivity index (χ0v) is 24.3. The molecule has 1 amide bonds. The van der Waals surface area contributed by atoms with Crippen molar-refractivity contribution < 1.29 is 9.53 Å². The molecule has 0 bridgehead atoms. The highest BCUT2D eigenvalue weighted by atomic mass is 32.2. The van der Waals surface area contributed by atoms with Gasteiger partial charge in [0.25, 0.3) is 5.91 Å². The molecule has 1 aliphatic rings. The van der Waals surface area contributed by atoms with Crippen LogP contribution in [0.3, 0.4) is 0 Å². The Kier molecular flexibility index (Phi) is 8.05. The van der Waals surface area contributed by atoms with Crippen molar-refractivity contribution >= 4 is 29.3 Å². The number of aryl methyl sites for hydroxylation is 1. The summed E-state index contributed by atoms with van der Waals surface area (Å²) in [5.41, 5.74) is 6.45. The Bertz CT molecular complexity index is 1700. The van der Waals surface area contributed by atoms with Crippen molar-refractivity contribution in [2.45, 2.75) is 37.4 Å². The smallest absolute Gasteiger partial charge is 0.255 e. The Hall–Kier alpha value is -4.82. The second-order valence-corrected chi connectivity index (χ2v) is 11.1. The molecular weight excluding hydrogens is 542 g/mol. The van der Waals surface area contributed by atoms with E-state index >= 15 is 0 Å². The molecule has 7 nitrogen and oxygen atoms in total. The van der Waals surface area contributed by atoms with Gasteiger partial charge >= 0.3 is 0 Å². The minimum Gasteiger partial charge on any atom is -0.489 e. The number of amides is 1. The summed E-state index contributed by atoms with van der Waals surface area (Å²) in [6.45, 7) is 4.45. The maximum absolute atomic E-state index is 13.7. The number of aromatic nitrogens is 3. The summed E-state index contributed by atoms with van der Waals surface area (Å²) in [7, 11) is 0. The number of para-hydroxylation sites is 1. The van der Waals surface area contributed by atoms with Crippen LogP contribution < -0.4 is 15.4 Å². The quantitative estimate of drug-likeness (QED) is 0.179. The van der Waals surface area contributed by atoms with E-state index in [1.807, 2.05) is 84.4 Å². The number of hydrogen-bond acceptors (Lipinski definition) is 6. The average Bonchev–Trinajstić information content (AvgIpc) is 3.43. The molecule has 8 heteroatoms. The fourth-order valence-corrected chi connectivity index (χ4v) is 5.62. The molecule has 4 aromatic carbocycles. The van der Waals surface area contributed by atoms with Gasteiger partial charge in [0.1, 0.15) is 18.4 Å². The molecule has 2 N–H and O–H groups in total. The SMILES string of the molecule is CC1=C(C(=O)Nc2ccccc2)C(c2ccc(OCc3ccc(C)cc3)cc2)n2nc(SCc3ccccc3)nc2N1. The Morgan fingerprint density at radius 2 is 1.57 bits per heavy atom. The topological polar surface area (TPSA) is 81.1 Å². The number of ether oxygens (including phenoxy) is 1. The van der Waals surface area contributed by atoms with E-state index in [0.717, 1.165) is 34.0 Å². The van der Waals surface area contributed by atoms with Crippen LogP contribution in [-0.2, 0) is 17.2 Å². The van der Waals surface area contributed by atoms with Crippen LogP contribution in [0.5, 0.6) is 5.75 Å². The molecule has 1 atom stereocenters. The number of rotatable bonds is 9. The molecule has 0 aliphatic carbocycles. The molecule has 2 heterocycles. The number of thioether (sulfide) groups is 1. The van der Waals surface area contributed by atoms with Gasteiger partial charge in [-0.05, 0) is 54.8 Å². The number of anilines is 2. The molecule has 5 aromatic rings. The number of carbonyl (C=O) groups excluding carboxylic acids is 1. The fourth-order valence-electron chi connectivity index (χ4n) is 4.83. The number of carbonyl (C=O) groups is 1. The van der Waals surface area contributed by atoms with Gasteiger partial charge in [0.2, 0.25) is 11.1 Å². The monoisotopic (exact) mass is 573 g/mol. The first-order valence-electron chi connectivity index (χ1n) is 13.8. The second-order valence-electron chi connectivity index (χ2n) is 10.2. The lowest BCUT2D eigenvalue weighted by molar-refractivity contribution is -0.113. The summed E-state index contributed by atoms with van der Waals surface area (Å²) in [5, 5.41) is 11.9. The van der Waals surface area contributed by atoms with Crippen molar-refractivity contribution in [3.63, 3.8) is 0 Å². The van der Waals surface area contributed by atoms with Crippen LogP contribution in [0.15, 0.2) is 126 Å². The van der Waals surface area contributed by atoms with Crippen LogP contribution in [0.2, 0.25) is 0 Å². The van der Waals surface area contributed by atoms with Crippen molar-refractivity contribution in [3.8, 4) is 5.75 Å². The zero-order chi connectivity index (χ0) is 28.9. The first kappa shape index (κ1) is 27.4. The predicted molar refractivity (Wildman–Crippen MR) is 168 cm³/mol. The molecule has 1 aliphatic heterocycles. The minimum absolute atomic E-state index is 0.199. The molecule has 0 spiro atoms. The molecule has 0 saturated heterocycles. The van der Waals surface area contributed by atoms with Crippen molar-refractivity contribution in [1.82, 2.24) is 14.8 Å². The van der Waals surface area contributed by atoms with E-state index in [9.17, 15) is 4.79 Å². The van der Waals surface area contributed by atoms with Crippen LogP contribution in [0, 0.1) is 6.92 Å². The number of hydrogen-bond donors (Lipinski definition) is 2. The number of benzene rings is 4. The number of nitrogens with zero attached hydrogens (tertiary/aromatic N) is 3. The lowest BCUT2D eigenvalue weighted by atomic mass is 9.95. The summed E-state index contributed by atoms with van der Waals surface area (Å²) >= 11 is 1.56. The van der Waals surface area contributed by atoms with E-state index in [2.05, 4.69) is 54.0 Å². The van der Waals surface area contributed by atoms with Crippen LogP contribution >= 0.6 is 11.8 Å². The summed E-state index contributed by atoms with van der Waals surface area (Å²) in [5.74, 6) is 1.90. The maximum atomic E-state index is 13.7. The minimum atomic E-state index is -0.477. The Balaban J connectivity index is 1.28. The highest BCUT2D eigenvalue weighted by Crippen LogP contribution is 2.37.